The molecule has 3 rings (SSSR count). The van der Waals surface area contributed by atoms with Gasteiger partial charge in [0.25, 0.3) is 0 Å². The molecule has 0 heterocycles. The zero-order valence-corrected chi connectivity index (χ0v) is 13.7. The van der Waals surface area contributed by atoms with Gasteiger partial charge in [-0.05, 0) is 36.6 Å². The molecular weight excluding hydrogens is 335 g/mol. The number of esters is 1. The molecule has 3 nitrogen and oxygen atoms in total. The minimum atomic E-state index is -0.584. The first-order valence-corrected chi connectivity index (χ1v) is 7.99. The Labute approximate surface area is 144 Å². The van der Waals surface area contributed by atoms with Crippen LogP contribution in [0.15, 0.2) is 48.5 Å². The van der Waals surface area contributed by atoms with Crippen LogP contribution in [0.5, 0.6) is 0 Å². The van der Waals surface area contributed by atoms with Crippen molar-refractivity contribution < 1.29 is 14.3 Å². The predicted molar refractivity (Wildman–Crippen MR) is 89.1 cm³/mol. The summed E-state index contributed by atoms with van der Waals surface area (Å²) < 4.78 is 5.25. The summed E-state index contributed by atoms with van der Waals surface area (Å²) in [6.07, 6.45) is 1.49. The maximum absolute atomic E-state index is 12.4. The molecule has 23 heavy (non-hydrogen) atoms. The molecule has 1 aliphatic rings. The predicted octanol–water partition coefficient (Wildman–Crippen LogP) is 4.45. The maximum Gasteiger partial charge on any atom is 0.317 e. The van der Waals surface area contributed by atoms with E-state index in [1.807, 2.05) is 30.3 Å². The third-order valence-corrected chi connectivity index (χ3v) is 4.78. The van der Waals surface area contributed by atoms with Gasteiger partial charge in [-0.3, -0.25) is 9.59 Å². The van der Waals surface area contributed by atoms with Gasteiger partial charge in [0.1, 0.15) is 0 Å². The summed E-state index contributed by atoms with van der Waals surface area (Å²) in [5.41, 5.74) is 0.725. The van der Waals surface area contributed by atoms with Crippen LogP contribution in [0.4, 0.5) is 0 Å². The van der Waals surface area contributed by atoms with Gasteiger partial charge in [-0.2, -0.15) is 0 Å². The van der Waals surface area contributed by atoms with Crippen LogP contribution in [-0.4, -0.2) is 18.4 Å². The fourth-order valence-corrected chi connectivity index (χ4v) is 2.81. The largest absolute Gasteiger partial charge is 0.457 e. The van der Waals surface area contributed by atoms with Crippen LogP contribution >= 0.6 is 23.2 Å². The van der Waals surface area contributed by atoms with E-state index in [4.69, 9.17) is 27.9 Å². The van der Waals surface area contributed by atoms with Gasteiger partial charge in [0.05, 0.1) is 15.5 Å². The molecule has 1 fully saturated rings. The van der Waals surface area contributed by atoms with E-state index in [-0.39, 0.29) is 18.4 Å². The van der Waals surface area contributed by atoms with Crippen LogP contribution in [0, 0.1) is 0 Å². The molecule has 0 aromatic heterocycles. The summed E-state index contributed by atoms with van der Waals surface area (Å²) >= 11 is 11.7. The summed E-state index contributed by atoms with van der Waals surface area (Å²) in [4.78, 5) is 24.5. The molecule has 0 aliphatic heterocycles. The van der Waals surface area contributed by atoms with Crippen LogP contribution in [0.3, 0.4) is 0 Å². The first kappa shape index (κ1) is 16.0. The number of rotatable bonds is 5. The molecule has 1 saturated carbocycles. The van der Waals surface area contributed by atoms with E-state index >= 15 is 0 Å². The zero-order valence-electron chi connectivity index (χ0n) is 12.2. The van der Waals surface area contributed by atoms with Crippen molar-refractivity contribution in [1.29, 1.82) is 0 Å². The van der Waals surface area contributed by atoms with Crippen LogP contribution < -0.4 is 0 Å². The van der Waals surface area contributed by atoms with Gasteiger partial charge >= 0.3 is 5.97 Å². The van der Waals surface area contributed by atoms with Crippen molar-refractivity contribution in [3.05, 3.63) is 69.7 Å². The Morgan fingerprint density at radius 2 is 1.70 bits per heavy atom. The van der Waals surface area contributed by atoms with Crippen molar-refractivity contribution in [2.45, 2.75) is 18.3 Å². The van der Waals surface area contributed by atoms with E-state index in [1.165, 1.54) is 6.07 Å². The highest BCUT2D eigenvalue weighted by molar-refractivity contribution is 6.42. The second-order valence-corrected chi connectivity index (χ2v) is 6.39. The lowest BCUT2D eigenvalue weighted by Crippen LogP contribution is -2.25. The van der Waals surface area contributed by atoms with Crippen LogP contribution in [0.25, 0.3) is 0 Å². The summed E-state index contributed by atoms with van der Waals surface area (Å²) in [7, 11) is 0. The lowest BCUT2D eigenvalue weighted by Gasteiger charge is -2.14. The monoisotopic (exact) mass is 348 g/mol. The SMILES string of the molecule is O=C(COC(=O)C1(c2ccccc2)CC1)c1ccc(Cl)c(Cl)c1. The quantitative estimate of drug-likeness (QED) is 0.592. The fraction of sp³-hybridized carbons (Fsp3) is 0.222. The molecule has 1 aliphatic carbocycles. The number of ketones is 1. The van der Waals surface area contributed by atoms with Crippen LogP contribution in [-0.2, 0) is 14.9 Å². The highest BCUT2D eigenvalue weighted by atomic mass is 35.5. The lowest BCUT2D eigenvalue weighted by atomic mass is 9.96. The van der Waals surface area contributed by atoms with Crippen molar-refractivity contribution >= 4 is 35.0 Å². The number of Topliss-reactive ketones (excluding diaryl/α,β-unsaturated/α-hetero) is 1. The van der Waals surface area contributed by atoms with E-state index in [0.717, 1.165) is 18.4 Å². The van der Waals surface area contributed by atoms with Gasteiger partial charge in [0.2, 0.25) is 0 Å². The lowest BCUT2D eigenvalue weighted by molar-refractivity contribution is -0.145. The van der Waals surface area contributed by atoms with Gasteiger partial charge in [-0.1, -0.05) is 53.5 Å². The highest BCUT2D eigenvalue weighted by Crippen LogP contribution is 2.49. The Balaban J connectivity index is 1.65. The molecule has 5 heteroatoms. The second kappa shape index (κ2) is 6.34. The number of carbonyl (C=O) groups excluding carboxylic acids is 2. The van der Waals surface area contributed by atoms with Crippen molar-refractivity contribution in [2.24, 2.45) is 0 Å². The first-order valence-electron chi connectivity index (χ1n) is 7.24. The van der Waals surface area contributed by atoms with Crippen LogP contribution in [0.2, 0.25) is 10.0 Å². The molecule has 0 saturated heterocycles. The number of benzene rings is 2. The molecule has 2 aromatic rings. The van der Waals surface area contributed by atoms with Crippen molar-refractivity contribution in [3.8, 4) is 0 Å². The Morgan fingerprint density at radius 1 is 1.00 bits per heavy atom. The molecule has 0 N–H and O–H groups in total. The molecule has 0 unspecified atom stereocenters. The summed E-state index contributed by atoms with van der Waals surface area (Å²) in [5.74, 6) is -0.655. The Kier molecular flexibility index (Phi) is 4.42. The topological polar surface area (TPSA) is 43.4 Å². The fourth-order valence-electron chi connectivity index (χ4n) is 2.51. The van der Waals surface area contributed by atoms with Crippen molar-refractivity contribution in [2.75, 3.05) is 6.61 Å². The molecular formula is C18H14Cl2O3. The molecule has 118 valence electrons. The number of halogens is 2. The Bertz CT molecular complexity index is 752. The van der Waals surface area contributed by atoms with E-state index in [0.29, 0.717) is 15.6 Å². The Morgan fingerprint density at radius 3 is 2.30 bits per heavy atom. The Hall–Kier alpha value is -1.84. The second-order valence-electron chi connectivity index (χ2n) is 5.58. The zero-order chi connectivity index (χ0) is 16.4. The minimum absolute atomic E-state index is 0.298. The summed E-state index contributed by atoms with van der Waals surface area (Å²) in [6.45, 7) is -0.300. The van der Waals surface area contributed by atoms with Gasteiger partial charge < -0.3 is 4.74 Å². The average Bonchev–Trinajstić information content (AvgIpc) is 3.37. The maximum atomic E-state index is 12.4. The summed E-state index contributed by atoms with van der Waals surface area (Å²) in [5, 5.41) is 0.674. The van der Waals surface area contributed by atoms with Gasteiger partial charge in [0, 0.05) is 5.56 Å². The average molecular weight is 349 g/mol. The van der Waals surface area contributed by atoms with E-state index in [2.05, 4.69) is 0 Å². The number of carbonyl (C=O) groups is 2. The molecule has 0 radical (unpaired) electrons. The molecule has 0 atom stereocenters. The first-order chi connectivity index (χ1) is 11.0. The molecule has 2 aromatic carbocycles. The van der Waals surface area contributed by atoms with Crippen molar-refractivity contribution in [3.63, 3.8) is 0 Å². The van der Waals surface area contributed by atoms with Crippen molar-refractivity contribution in [1.82, 2.24) is 0 Å². The molecule has 0 amide bonds. The normalized spacial score (nSPS) is 15.0. The number of ether oxygens (including phenoxy) is 1. The third kappa shape index (κ3) is 3.26. The summed E-state index contributed by atoms with van der Waals surface area (Å²) in [6, 6.07) is 14.1. The minimum Gasteiger partial charge on any atom is -0.457 e. The van der Waals surface area contributed by atoms with E-state index in [1.54, 1.807) is 12.1 Å². The third-order valence-electron chi connectivity index (χ3n) is 4.04. The van der Waals surface area contributed by atoms with Gasteiger partial charge in [0.15, 0.2) is 12.4 Å². The van der Waals surface area contributed by atoms with Gasteiger partial charge in [-0.25, -0.2) is 0 Å². The van der Waals surface area contributed by atoms with E-state index < -0.39 is 5.41 Å². The highest BCUT2D eigenvalue weighted by Gasteiger charge is 2.52. The van der Waals surface area contributed by atoms with Gasteiger partial charge in [-0.15, -0.1) is 0 Å². The molecule has 0 spiro atoms. The molecule has 0 bridgehead atoms. The van der Waals surface area contributed by atoms with Crippen LogP contribution in [0.1, 0.15) is 28.8 Å². The van der Waals surface area contributed by atoms with E-state index in [9.17, 15) is 9.59 Å². The standard InChI is InChI=1S/C18H14Cl2O3/c19-14-7-6-12(10-15(14)20)16(21)11-23-17(22)18(8-9-18)13-4-2-1-3-5-13/h1-7,10H,8-9,11H2. The smallest absolute Gasteiger partial charge is 0.317 e. The number of hydrogen-bond acceptors (Lipinski definition) is 3. The number of hydrogen-bond donors (Lipinski definition) is 0.